The highest BCUT2D eigenvalue weighted by Crippen LogP contribution is 2.40. The van der Waals surface area contributed by atoms with Crippen LogP contribution in [0.2, 0.25) is 0 Å². The van der Waals surface area contributed by atoms with E-state index < -0.39 is 15.9 Å². The number of nitrogens with two attached hydrogens (primary N) is 1. The van der Waals surface area contributed by atoms with Gasteiger partial charge < -0.3 is 9.47 Å². The second kappa shape index (κ2) is 12.0. The number of pyridine rings is 1. The van der Waals surface area contributed by atoms with Gasteiger partial charge in [0.2, 0.25) is 10.0 Å². The van der Waals surface area contributed by atoms with E-state index in [0.717, 1.165) is 36.8 Å². The van der Waals surface area contributed by atoms with Crippen molar-refractivity contribution in [2.75, 3.05) is 7.11 Å². The molecule has 1 aliphatic carbocycles. The SMILES string of the molecule is COc1ccc(C(Cc2ccncc2)c2c(C(=O)c3ccccc3)cccc2S(N)(=O)=O)cc1OC1CCCC1. The lowest BCUT2D eigenvalue weighted by Crippen LogP contribution is -2.21. The summed E-state index contributed by atoms with van der Waals surface area (Å²) in [5.41, 5.74) is 2.80. The average molecular weight is 557 g/mol. The van der Waals surface area contributed by atoms with Crippen LogP contribution < -0.4 is 14.6 Å². The minimum atomic E-state index is -4.18. The van der Waals surface area contributed by atoms with E-state index in [4.69, 9.17) is 14.6 Å². The molecule has 1 aliphatic rings. The first-order valence-corrected chi connectivity index (χ1v) is 14.9. The molecule has 0 saturated heterocycles. The minimum absolute atomic E-state index is 0.0811. The monoisotopic (exact) mass is 556 g/mol. The van der Waals surface area contributed by atoms with Crippen molar-refractivity contribution in [2.24, 2.45) is 5.14 Å². The molecule has 0 spiro atoms. The van der Waals surface area contributed by atoms with Crippen LogP contribution in [-0.4, -0.2) is 32.4 Å². The van der Waals surface area contributed by atoms with Gasteiger partial charge in [-0.1, -0.05) is 48.5 Å². The van der Waals surface area contributed by atoms with Crippen molar-refractivity contribution in [2.45, 2.75) is 49.0 Å². The molecule has 0 amide bonds. The minimum Gasteiger partial charge on any atom is -0.493 e. The van der Waals surface area contributed by atoms with Gasteiger partial charge in [-0.25, -0.2) is 13.6 Å². The Morgan fingerprint density at radius 3 is 2.35 bits per heavy atom. The molecule has 7 nitrogen and oxygen atoms in total. The van der Waals surface area contributed by atoms with Crippen molar-refractivity contribution in [3.63, 3.8) is 0 Å². The van der Waals surface area contributed by atoms with Crippen LogP contribution in [0.25, 0.3) is 0 Å². The molecule has 2 N–H and O–H groups in total. The van der Waals surface area contributed by atoms with E-state index in [1.807, 2.05) is 36.4 Å². The van der Waals surface area contributed by atoms with Crippen molar-refractivity contribution >= 4 is 15.8 Å². The molecule has 1 heterocycles. The fourth-order valence-electron chi connectivity index (χ4n) is 5.42. The topological polar surface area (TPSA) is 109 Å². The Labute approximate surface area is 235 Å². The third kappa shape index (κ3) is 6.08. The molecule has 40 heavy (non-hydrogen) atoms. The lowest BCUT2D eigenvalue weighted by molar-refractivity contribution is 0.103. The summed E-state index contributed by atoms with van der Waals surface area (Å²) in [6.07, 6.45) is 8.05. The first kappa shape index (κ1) is 27.6. The number of carbonyl (C=O) groups excluding carboxylic acids is 1. The molecule has 1 aromatic heterocycles. The molecule has 1 saturated carbocycles. The maximum absolute atomic E-state index is 13.8. The molecule has 5 rings (SSSR count). The zero-order valence-electron chi connectivity index (χ0n) is 22.3. The Morgan fingerprint density at radius 1 is 0.950 bits per heavy atom. The number of nitrogens with zero attached hydrogens (tertiary/aromatic N) is 1. The summed E-state index contributed by atoms with van der Waals surface area (Å²) in [7, 11) is -2.58. The first-order chi connectivity index (χ1) is 19.3. The first-order valence-electron chi connectivity index (χ1n) is 13.3. The van der Waals surface area contributed by atoms with Gasteiger partial charge in [0.05, 0.1) is 18.1 Å². The maximum Gasteiger partial charge on any atom is 0.238 e. The van der Waals surface area contributed by atoms with Crippen molar-refractivity contribution < 1.29 is 22.7 Å². The molecule has 4 aromatic rings. The van der Waals surface area contributed by atoms with Gasteiger partial charge in [0.15, 0.2) is 17.3 Å². The van der Waals surface area contributed by atoms with Gasteiger partial charge in [-0.05, 0) is 79.1 Å². The zero-order valence-corrected chi connectivity index (χ0v) is 23.1. The third-order valence-electron chi connectivity index (χ3n) is 7.38. The fraction of sp³-hybridized carbons (Fsp3) is 0.250. The Hall–Kier alpha value is -4.01. The molecule has 0 radical (unpaired) electrons. The molecule has 0 aliphatic heterocycles. The molecule has 206 valence electrons. The van der Waals surface area contributed by atoms with Gasteiger partial charge in [-0.3, -0.25) is 9.78 Å². The number of ketones is 1. The van der Waals surface area contributed by atoms with Gasteiger partial charge in [-0.15, -0.1) is 0 Å². The van der Waals surface area contributed by atoms with Crippen molar-refractivity contribution in [3.05, 3.63) is 119 Å². The van der Waals surface area contributed by atoms with Crippen molar-refractivity contribution in [1.29, 1.82) is 0 Å². The van der Waals surface area contributed by atoms with Gasteiger partial charge >= 0.3 is 0 Å². The highest BCUT2D eigenvalue weighted by atomic mass is 32.2. The average Bonchev–Trinajstić information content (AvgIpc) is 3.49. The van der Waals surface area contributed by atoms with Crippen LogP contribution in [-0.2, 0) is 16.4 Å². The second-order valence-corrected chi connectivity index (χ2v) is 11.5. The largest absolute Gasteiger partial charge is 0.493 e. The second-order valence-electron chi connectivity index (χ2n) is 10.0. The van der Waals surface area contributed by atoms with Crippen LogP contribution >= 0.6 is 0 Å². The Balaban J connectivity index is 1.72. The van der Waals surface area contributed by atoms with E-state index in [2.05, 4.69) is 4.98 Å². The van der Waals surface area contributed by atoms with Crippen LogP contribution in [0.4, 0.5) is 0 Å². The highest BCUT2D eigenvalue weighted by molar-refractivity contribution is 7.89. The molecule has 0 bridgehead atoms. The number of carbonyl (C=O) groups is 1. The van der Waals surface area contributed by atoms with Gasteiger partial charge in [0.25, 0.3) is 0 Å². The standard InChI is InChI=1S/C32H32N2O5S/c1-38-28-15-14-24(21-29(28)39-25-10-5-6-11-25)27(20-22-16-18-34-19-17-22)31-26(12-7-13-30(31)40(33,36)37)32(35)23-8-3-2-4-9-23/h2-4,7-9,12-19,21,25,27H,5-6,10-11,20H2,1H3,(H2,33,36,37). The quantitative estimate of drug-likeness (QED) is 0.252. The molecular formula is C32H32N2O5S. The Kier molecular flexibility index (Phi) is 8.28. The highest BCUT2D eigenvalue weighted by Gasteiger charge is 2.30. The van der Waals surface area contributed by atoms with Gasteiger partial charge in [0, 0.05) is 29.4 Å². The summed E-state index contributed by atoms with van der Waals surface area (Å²) < 4.78 is 37.9. The summed E-state index contributed by atoms with van der Waals surface area (Å²) in [5.74, 6) is 0.363. The number of aromatic nitrogens is 1. The van der Waals surface area contributed by atoms with Crippen LogP contribution in [0.15, 0.2) is 96.2 Å². The normalized spacial score (nSPS) is 14.6. The Morgan fingerprint density at radius 2 is 1.68 bits per heavy atom. The summed E-state index contributed by atoms with van der Waals surface area (Å²) >= 11 is 0. The molecule has 3 aromatic carbocycles. The molecular weight excluding hydrogens is 524 g/mol. The number of benzene rings is 3. The lowest BCUT2D eigenvalue weighted by atomic mass is 9.82. The van der Waals surface area contributed by atoms with Gasteiger partial charge in [0.1, 0.15) is 0 Å². The van der Waals surface area contributed by atoms with Crippen LogP contribution in [0.5, 0.6) is 11.5 Å². The number of ether oxygens (including phenoxy) is 2. The maximum atomic E-state index is 13.8. The summed E-state index contributed by atoms with van der Waals surface area (Å²) in [4.78, 5) is 17.9. The summed E-state index contributed by atoms with van der Waals surface area (Å²) in [5, 5.41) is 5.77. The molecule has 1 atom stereocenters. The summed E-state index contributed by atoms with van der Waals surface area (Å²) in [6.45, 7) is 0. The zero-order chi connectivity index (χ0) is 28.1. The van der Waals surface area contributed by atoms with Crippen LogP contribution in [0.3, 0.4) is 0 Å². The Bertz CT molecular complexity index is 1580. The van der Waals surface area contributed by atoms with E-state index in [1.165, 1.54) is 6.07 Å². The number of sulfonamides is 1. The van der Waals surface area contributed by atoms with Crippen molar-refractivity contribution in [1.82, 2.24) is 4.98 Å². The third-order valence-corrected chi connectivity index (χ3v) is 8.35. The van der Waals surface area contributed by atoms with Crippen molar-refractivity contribution in [3.8, 4) is 11.5 Å². The van der Waals surface area contributed by atoms with Crippen LogP contribution in [0.1, 0.15) is 64.2 Å². The number of primary sulfonamides is 1. The number of methoxy groups -OCH3 is 1. The molecule has 1 fully saturated rings. The number of hydrogen-bond donors (Lipinski definition) is 1. The van der Waals surface area contributed by atoms with E-state index in [0.29, 0.717) is 29.0 Å². The predicted octanol–water partition coefficient (Wildman–Crippen LogP) is 5.66. The number of hydrogen-bond acceptors (Lipinski definition) is 6. The lowest BCUT2D eigenvalue weighted by Gasteiger charge is -2.25. The van der Waals surface area contributed by atoms with E-state index >= 15 is 0 Å². The van der Waals surface area contributed by atoms with E-state index in [-0.39, 0.29) is 22.3 Å². The summed E-state index contributed by atoms with van der Waals surface area (Å²) in [6, 6.07) is 22.9. The molecule has 8 heteroatoms. The fourth-order valence-corrected chi connectivity index (χ4v) is 6.25. The predicted molar refractivity (Wildman–Crippen MR) is 153 cm³/mol. The van der Waals surface area contributed by atoms with E-state index in [9.17, 15) is 13.2 Å². The number of rotatable bonds is 10. The smallest absolute Gasteiger partial charge is 0.238 e. The van der Waals surface area contributed by atoms with Gasteiger partial charge in [-0.2, -0.15) is 0 Å². The van der Waals surface area contributed by atoms with E-state index in [1.54, 1.807) is 55.9 Å². The molecule has 1 unspecified atom stereocenters. The van der Waals surface area contributed by atoms with Crippen LogP contribution in [0, 0.1) is 0 Å².